The molecule has 1 aromatic rings. The zero-order valence-corrected chi connectivity index (χ0v) is 18.6. The molecule has 2 amide bonds. The standard InChI is InChI=1S/C25H34N2O4/c1-2-16-31-21-12-10-19(11-13-21)22-23(26-14-17-30-18-15-26)25(29)27(24(22)28)20-8-6-4-3-5-7-9-20/h10-13,20H,2-9,14-18H2,1H3. The lowest BCUT2D eigenvalue weighted by molar-refractivity contribution is -0.141. The minimum absolute atomic E-state index is 0.000927. The van der Waals surface area contributed by atoms with Crippen LogP contribution in [0.1, 0.15) is 63.9 Å². The van der Waals surface area contributed by atoms with Crippen LogP contribution < -0.4 is 4.74 Å². The average Bonchev–Trinajstić information content (AvgIpc) is 3.03. The number of carbonyl (C=O) groups excluding carboxylic acids is 2. The molecular weight excluding hydrogens is 392 g/mol. The van der Waals surface area contributed by atoms with E-state index in [-0.39, 0.29) is 17.9 Å². The van der Waals surface area contributed by atoms with E-state index < -0.39 is 0 Å². The summed E-state index contributed by atoms with van der Waals surface area (Å²) in [5, 5.41) is 0. The van der Waals surface area contributed by atoms with Crippen LogP contribution in [-0.4, -0.2) is 60.6 Å². The van der Waals surface area contributed by atoms with Gasteiger partial charge in [-0.1, -0.05) is 51.2 Å². The largest absolute Gasteiger partial charge is 0.494 e. The molecule has 0 unspecified atom stereocenters. The van der Waals surface area contributed by atoms with E-state index in [2.05, 4.69) is 6.92 Å². The number of morpholine rings is 1. The minimum Gasteiger partial charge on any atom is -0.494 e. The van der Waals surface area contributed by atoms with Gasteiger partial charge in [-0.25, -0.2) is 0 Å². The van der Waals surface area contributed by atoms with Gasteiger partial charge in [0.1, 0.15) is 11.4 Å². The minimum atomic E-state index is -0.140. The van der Waals surface area contributed by atoms with E-state index in [4.69, 9.17) is 9.47 Å². The lowest BCUT2D eigenvalue weighted by Crippen LogP contribution is -2.44. The molecular formula is C25H34N2O4. The lowest BCUT2D eigenvalue weighted by atomic mass is 9.95. The Morgan fingerprint density at radius 3 is 2.23 bits per heavy atom. The second kappa shape index (κ2) is 10.3. The number of rotatable bonds is 6. The number of carbonyl (C=O) groups is 2. The van der Waals surface area contributed by atoms with E-state index in [1.54, 1.807) is 4.90 Å². The first-order chi connectivity index (χ1) is 15.2. The van der Waals surface area contributed by atoms with Gasteiger partial charge in [0.15, 0.2) is 0 Å². The summed E-state index contributed by atoms with van der Waals surface area (Å²) in [6.07, 6.45) is 8.53. The zero-order chi connectivity index (χ0) is 21.6. The van der Waals surface area contributed by atoms with Crippen LogP contribution >= 0.6 is 0 Å². The Bertz CT molecular complexity index is 803. The van der Waals surface area contributed by atoms with Crippen molar-refractivity contribution in [2.75, 3.05) is 32.9 Å². The fraction of sp³-hybridized carbons (Fsp3) is 0.600. The monoisotopic (exact) mass is 426 g/mol. The normalized spacial score (nSPS) is 21.5. The lowest BCUT2D eigenvalue weighted by Gasteiger charge is -2.31. The van der Waals surface area contributed by atoms with E-state index in [9.17, 15) is 9.59 Å². The number of benzene rings is 1. The third-order valence-electron chi connectivity index (χ3n) is 6.47. The van der Waals surface area contributed by atoms with Crippen molar-refractivity contribution in [2.45, 2.75) is 64.3 Å². The molecule has 3 aliphatic rings. The molecule has 1 saturated carbocycles. The van der Waals surface area contributed by atoms with Crippen molar-refractivity contribution < 1.29 is 19.1 Å². The van der Waals surface area contributed by atoms with Gasteiger partial charge in [0.05, 0.1) is 25.4 Å². The average molecular weight is 427 g/mol. The molecule has 0 bridgehead atoms. The summed E-state index contributed by atoms with van der Waals surface area (Å²) in [6.45, 7) is 5.15. The molecule has 2 aliphatic heterocycles. The molecule has 6 heteroatoms. The summed E-state index contributed by atoms with van der Waals surface area (Å²) < 4.78 is 11.2. The highest BCUT2D eigenvalue weighted by atomic mass is 16.5. The van der Waals surface area contributed by atoms with E-state index in [1.807, 2.05) is 29.2 Å². The first-order valence-corrected chi connectivity index (χ1v) is 11.9. The Kier molecular flexibility index (Phi) is 7.28. The first kappa shape index (κ1) is 21.9. The fourth-order valence-corrected chi connectivity index (χ4v) is 4.84. The van der Waals surface area contributed by atoms with Crippen molar-refractivity contribution >= 4 is 17.4 Å². The molecule has 0 atom stereocenters. The highest BCUT2D eigenvalue weighted by molar-refractivity contribution is 6.35. The molecule has 2 fully saturated rings. The second-order valence-corrected chi connectivity index (χ2v) is 8.68. The van der Waals surface area contributed by atoms with Crippen LogP contribution in [0.4, 0.5) is 0 Å². The first-order valence-electron chi connectivity index (χ1n) is 11.9. The molecule has 0 N–H and O–H groups in total. The maximum atomic E-state index is 13.7. The fourth-order valence-electron chi connectivity index (χ4n) is 4.84. The van der Waals surface area contributed by atoms with Crippen molar-refractivity contribution in [2.24, 2.45) is 0 Å². The maximum Gasteiger partial charge on any atom is 0.278 e. The maximum absolute atomic E-state index is 13.7. The van der Waals surface area contributed by atoms with E-state index in [0.717, 1.165) is 43.4 Å². The molecule has 0 radical (unpaired) electrons. The van der Waals surface area contributed by atoms with Crippen molar-refractivity contribution in [3.63, 3.8) is 0 Å². The van der Waals surface area contributed by atoms with Crippen LogP contribution in [-0.2, 0) is 14.3 Å². The molecule has 168 valence electrons. The molecule has 31 heavy (non-hydrogen) atoms. The van der Waals surface area contributed by atoms with Crippen LogP contribution in [0.2, 0.25) is 0 Å². The molecule has 0 aromatic heterocycles. The van der Waals surface area contributed by atoms with Gasteiger partial charge in [-0.15, -0.1) is 0 Å². The van der Waals surface area contributed by atoms with Gasteiger partial charge in [0, 0.05) is 19.1 Å². The molecule has 1 saturated heterocycles. The number of imide groups is 1. The number of ether oxygens (including phenoxy) is 2. The SMILES string of the molecule is CCCOc1ccc(C2=C(N3CCOCC3)C(=O)N(C3CCCCCCC3)C2=O)cc1. The highest BCUT2D eigenvalue weighted by Gasteiger charge is 2.44. The summed E-state index contributed by atoms with van der Waals surface area (Å²) >= 11 is 0. The van der Waals surface area contributed by atoms with E-state index in [0.29, 0.717) is 44.2 Å². The van der Waals surface area contributed by atoms with Gasteiger partial charge >= 0.3 is 0 Å². The topological polar surface area (TPSA) is 59.1 Å². The smallest absolute Gasteiger partial charge is 0.278 e. The predicted molar refractivity (Wildman–Crippen MR) is 120 cm³/mol. The van der Waals surface area contributed by atoms with Crippen molar-refractivity contribution in [1.29, 1.82) is 0 Å². The summed E-state index contributed by atoms with van der Waals surface area (Å²) in [5.74, 6) is 0.519. The molecule has 2 heterocycles. The summed E-state index contributed by atoms with van der Waals surface area (Å²) in [5.41, 5.74) is 1.88. The van der Waals surface area contributed by atoms with Crippen LogP contribution in [0.25, 0.3) is 5.57 Å². The number of hydrogen-bond acceptors (Lipinski definition) is 5. The third kappa shape index (κ3) is 4.79. The van der Waals surface area contributed by atoms with Crippen molar-refractivity contribution in [3.05, 3.63) is 35.5 Å². The molecule has 1 aliphatic carbocycles. The molecule has 6 nitrogen and oxygen atoms in total. The Hall–Kier alpha value is -2.34. The Morgan fingerprint density at radius 2 is 1.58 bits per heavy atom. The summed E-state index contributed by atoms with van der Waals surface area (Å²) in [4.78, 5) is 30.9. The van der Waals surface area contributed by atoms with Gasteiger partial charge in [0.2, 0.25) is 0 Å². The Balaban J connectivity index is 1.66. The second-order valence-electron chi connectivity index (χ2n) is 8.68. The van der Waals surface area contributed by atoms with Crippen LogP contribution in [0, 0.1) is 0 Å². The van der Waals surface area contributed by atoms with Gasteiger partial charge in [-0.3, -0.25) is 14.5 Å². The quantitative estimate of drug-likeness (QED) is 0.644. The van der Waals surface area contributed by atoms with Gasteiger partial charge < -0.3 is 14.4 Å². The van der Waals surface area contributed by atoms with Crippen molar-refractivity contribution in [3.8, 4) is 5.75 Å². The van der Waals surface area contributed by atoms with Crippen LogP contribution in [0.15, 0.2) is 30.0 Å². The molecule has 0 spiro atoms. The molecule has 4 rings (SSSR count). The van der Waals surface area contributed by atoms with Crippen molar-refractivity contribution in [1.82, 2.24) is 9.80 Å². The van der Waals surface area contributed by atoms with Gasteiger partial charge in [-0.2, -0.15) is 0 Å². The Labute approximate surface area is 185 Å². The van der Waals surface area contributed by atoms with Gasteiger partial charge in [0.25, 0.3) is 11.8 Å². The number of hydrogen-bond donors (Lipinski definition) is 0. The molecule has 1 aromatic carbocycles. The number of amides is 2. The van der Waals surface area contributed by atoms with Crippen LogP contribution in [0.3, 0.4) is 0 Å². The summed E-state index contributed by atoms with van der Waals surface area (Å²) in [6, 6.07) is 7.61. The summed E-state index contributed by atoms with van der Waals surface area (Å²) in [7, 11) is 0. The number of nitrogens with zero attached hydrogens (tertiary/aromatic N) is 2. The van der Waals surface area contributed by atoms with Gasteiger partial charge in [-0.05, 0) is 37.0 Å². The highest BCUT2D eigenvalue weighted by Crippen LogP contribution is 2.36. The van der Waals surface area contributed by atoms with Crippen LogP contribution in [0.5, 0.6) is 5.75 Å². The predicted octanol–water partition coefficient (Wildman–Crippen LogP) is 4.00. The zero-order valence-electron chi connectivity index (χ0n) is 18.6. The van der Waals surface area contributed by atoms with E-state index in [1.165, 1.54) is 19.3 Å². The third-order valence-corrected chi connectivity index (χ3v) is 6.47. The Morgan fingerprint density at radius 1 is 0.935 bits per heavy atom. The van der Waals surface area contributed by atoms with E-state index >= 15 is 0 Å².